The SMILES string of the molecule is CCN(C(=O)CSc1nnc(-c2cccnc2)n1N)c1ccc(F)cc1. The number of pyridine rings is 1. The van der Waals surface area contributed by atoms with Gasteiger partial charge in [0, 0.05) is 30.2 Å². The number of nitrogens with two attached hydrogens (primary N) is 1. The van der Waals surface area contributed by atoms with Crippen molar-refractivity contribution in [3.8, 4) is 11.4 Å². The van der Waals surface area contributed by atoms with Crippen molar-refractivity contribution < 1.29 is 9.18 Å². The third kappa shape index (κ3) is 3.83. The predicted molar refractivity (Wildman–Crippen MR) is 98.6 cm³/mol. The van der Waals surface area contributed by atoms with E-state index in [9.17, 15) is 9.18 Å². The van der Waals surface area contributed by atoms with Crippen LogP contribution in [0.4, 0.5) is 10.1 Å². The molecule has 1 amide bonds. The van der Waals surface area contributed by atoms with Crippen molar-refractivity contribution >= 4 is 23.4 Å². The third-order valence-corrected chi connectivity index (χ3v) is 4.59. The molecule has 2 aromatic heterocycles. The molecule has 0 fully saturated rings. The maximum Gasteiger partial charge on any atom is 0.237 e. The molecule has 26 heavy (non-hydrogen) atoms. The van der Waals surface area contributed by atoms with Crippen LogP contribution in [0.25, 0.3) is 11.4 Å². The molecule has 7 nitrogen and oxygen atoms in total. The maximum atomic E-state index is 13.1. The van der Waals surface area contributed by atoms with Crippen LogP contribution in [-0.2, 0) is 4.79 Å². The Bertz CT molecular complexity index is 884. The Labute approximate surface area is 154 Å². The summed E-state index contributed by atoms with van der Waals surface area (Å²) in [4.78, 5) is 18.1. The number of halogens is 1. The number of amides is 1. The molecule has 0 atom stereocenters. The van der Waals surface area contributed by atoms with Crippen molar-refractivity contribution in [3.63, 3.8) is 0 Å². The van der Waals surface area contributed by atoms with Crippen molar-refractivity contribution in [3.05, 3.63) is 54.6 Å². The predicted octanol–water partition coefficient (Wildman–Crippen LogP) is 2.34. The molecule has 0 saturated carbocycles. The largest absolute Gasteiger partial charge is 0.335 e. The highest BCUT2D eigenvalue weighted by molar-refractivity contribution is 7.99. The van der Waals surface area contributed by atoms with Gasteiger partial charge >= 0.3 is 0 Å². The van der Waals surface area contributed by atoms with Crippen molar-refractivity contribution in [2.75, 3.05) is 23.0 Å². The molecular weight excluding hydrogens is 355 g/mol. The second-order valence-corrected chi connectivity index (χ2v) is 6.26. The van der Waals surface area contributed by atoms with Gasteiger partial charge in [-0.25, -0.2) is 9.07 Å². The quantitative estimate of drug-likeness (QED) is 0.528. The highest BCUT2D eigenvalue weighted by atomic mass is 32.2. The lowest BCUT2D eigenvalue weighted by molar-refractivity contribution is -0.116. The number of carbonyl (C=O) groups is 1. The number of thioether (sulfide) groups is 1. The van der Waals surface area contributed by atoms with Gasteiger partial charge in [0.15, 0.2) is 5.82 Å². The average molecular weight is 372 g/mol. The Hall–Kier alpha value is -2.94. The van der Waals surface area contributed by atoms with E-state index in [1.165, 1.54) is 28.6 Å². The first-order valence-electron chi connectivity index (χ1n) is 7.89. The van der Waals surface area contributed by atoms with Gasteiger partial charge in [-0.1, -0.05) is 11.8 Å². The average Bonchev–Trinajstić information content (AvgIpc) is 3.03. The zero-order chi connectivity index (χ0) is 18.5. The van der Waals surface area contributed by atoms with Crippen LogP contribution < -0.4 is 10.7 Å². The van der Waals surface area contributed by atoms with Gasteiger partial charge in [0.05, 0.1) is 5.75 Å². The van der Waals surface area contributed by atoms with E-state index in [1.807, 2.05) is 13.0 Å². The van der Waals surface area contributed by atoms with Crippen LogP contribution in [0.2, 0.25) is 0 Å². The topological polar surface area (TPSA) is 89.9 Å². The van der Waals surface area contributed by atoms with Gasteiger partial charge < -0.3 is 10.7 Å². The smallest absolute Gasteiger partial charge is 0.237 e. The first-order chi connectivity index (χ1) is 12.6. The van der Waals surface area contributed by atoms with Crippen molar-refractivity contribution in [1.82, 2.24) is 19.9 Å². The molecule has 0 bridgehead atoms. The zero-order valence-electron chi connectivity index (χ0n) is 14.0. The molecular formula is C17H17FN6OS. The molecule has 9 heteroatoms. The van der Waals surface area contributed by atoms with Gasteiger partial charge in [0.25, 0.3) is 0 Å². The maximum absolute atomic E-state index is 13.1. The second kappa shape index (κ2) is 7.96. The van der Waals surface area contributed by atoms with Gasteiger partial charge in [-0.05, 0) is 43.3 Å². The summed E-state index contributed by atoms with van der Waals surface area (Å²) in [6.45, 7) is 2.33. The van der Waals surface area contributed by atoms with Crippen molar-refractivity contribution in [1.29, 1.82) is 0 Å². The fourth-order valence-electron chi connectivity index (χ4n) is 2.40. The van der Waals surface area contributed by atoms with E-state index >= 15 is 0 Å². The number of hydrogen-bond donors (Lipinski definition) is 1. The van der Waals surface area contributed by atoms with Gasteiger partial charge in [-0.15, -0.1) is 10.2 Å². The molecule has 3 aromatic rings. The number of nitrogens with zero attached hydrogens (tertiary/aromatic N) is 5. The molecule has 134 valence electrons. The Balaban J connectivity index is 1.69. The molecule has 0 radical (unpaired) electrons. The Morgan fingerprint density at radius 2 is 2.04 bits per heavy atom. The van der Waals surface area contributed by atoms with E-state index in [4.69, 9.17) is 5.84 Å². The van der Waals surface area contributed by atoms with Crippen molar-refractivity contribution in [2.45, 2.75) is 12.1 Å². The minimum Gasteiger partial charge on any atom is -0.335 e. The Morgan fingerprint density at radius 1 is 1.27 bits per heavy atom. The molecule has 0 aliphatic carbocycles. The highest BCUT2D eigenvalue weighted by Crippen LogP contribution is 2.22. The normalized spacial score (nSPS) is 10.7. The summed E-state index contributed by atoms with van der Waals surface area (Å²) in [5.41, 5.74) is 1.38. The number of benzene rings is 1. The fourth-order valence-corrected chi connectivity index (χ4v) is 3.13. The van der Waals surface area contributed by atoms with Crippen molar-refractivity contribution in [2.24, 2.45) is 0 Å². The summed E-state index contributed by atoms with van der Waals surface area (Å²) >= 11 is 1.19. The van der Waals surface area contributed by atoms with Crippen LogP contribution in [0, 0.1) is 5.82 Å². The van der Waals surface area contributed by atoms with Gasteiger partial charge in [0.1, 0.15) is 5.82 Å². The number of hydrogen-bond acceptors (Lipinski definition) is 6. The number of carbonyl (C=O) groups excluding carboxylic acids is 1. The van der Waals surface area contributed by atoms with Crippen LogP contribution in [0.15, 0.2) is 53.9 Å². The van der Waals surface area contributed by atoms with Crippen LogP contribution in [0.3, 0.4) is 0 Å². The fraction of sp³-hybridized carbons (Fsp3) is 0.176. The minimum atomic E-state index is -0.342. The number of nitrogen functional groups attached to an aromatic ring is 1. The van der Waals surface area contributed by atoms with E-state index in [-0.39, 0.29) is 17.5 Å². The van der Waals surface area contributed by atoms with E-state index in [0.29, 0.717) is 23.2 Å². The van der Waals surface area contributed by atoms with Crippen LogP contribution >= 0.6 is 11.8 Å². The molecule has 0 spiro atoms. The molecule has 3 rings (SSSR count). The lowest BCUT2D eigenvalue weighted by Gasteiger charge is -2.20. The molecule has 2 N–H and O–H groups in total. The van der Waals surface area contributed by atoms with Crippen LogP contribution in [0.5, 0.6) is 0 Å². The van der Waals surface area contributed by atoms with Gasteiger partial charge in [-0.3, -0.25) is 9.78 Å². The second-order valence-electron chi connectivity index (χ2n) is 5.32. The highest BCUT2D eigenvalue weighted by Gasteiger charge is 2.18. The number of rotatable bonds is 6. The number of anilines is 1. The van der Waals surface area contributed by atoms with E-state index in [0.717, 1.165) is 5.56 Å². The summed E-state index contributed by atoms with van der Waals surface area (Å²) in [7, 11) is 0. The summed E-state index contributed by atoms with van der Waals surface area (Å²) in [6, 6.07) is 9.42. The molecule has 0 saturated heterocycles. The standard InChI is InChI=1S/C17H17FN6OS/c1-2-23(14-7-5-13(18)6-8-14)15(25)11-26-17-22-21-16(24(17)19)12-4-3-9-20-10-12/h3-10H,2,11,19H2,1H3. The summed E-state index contributed by atoms with van der Waals surface area (Å²) in [5, 5.41) is 8.52. The first-order valence-corrected chi connectivity index (χ1v) is 8.88. The minimum absolute atomic E-state index is 0.130. The molecule has 2 heterocycles. The van der Waals surface area contributed by atoms with Crippen LogP contribution in [-0.4, -0.2) is 38.1 Å². The Kier molecular flexibility index (Phi) is 5.47. The molecule has 0 aliphatic rings. The molecule has 0 unspecified atom stereocenters. The summed E-state index contributed by atoms with van der Waals surface area (Å²) < 4.78 is 14.4. The molecule has 1 aromatic carbocycles. The molecule has 0 aliphatic heterocycles. The van der Waals surface area contributed by atoms with Crippen LogP contribution in [0.1, 0.15) is 6.92 Å². The summed E-state index contributed by atoms with van der Waals surface area (Å²) in [6.07, 6.45) is 3.30. The van der Waals surface area contributed by atoms with E-state index < -0.39 is 0 Å². The first kappa shape index (κ1) is 17.9. The monoisotopic (exact) mass is 372 g/mol. The van der Waals surface area contributed by atoms with E-state index in [2.05, 4.69) is 15.2 Å². The number of aromatic nitrogens is 4. The van der Waals surface area contributed by atoms with E-state index in [1.54, 1.807) is 35.5 Å². The van der Waals surface area contributed by atoms with Gasteiger partial charge in [0.2, 0.25) is 11.1 Å². The zero-order valence-corrected chi connectivity index (χ0v) is 14.9. The third-order valence-electron chi connectivity index (χ3n) is 3.66. The lowest BCUT2D eigenvalue weighted by atomic mass is 10.3. The Morgan fingerprint density at radius 3 is 2.69 bits per heavy atom. The lowest BCUT2D eigenvalue weighted by Crippen LogP contribution is -2.32. The summed E-state index contributed by atoms with van der Waals surface area (Å²) in [5.74, 6) is 6.17. The van der Waals surface area contributed by atoms with Gasteiger partial charge in [-0.2, -0.15) is 0 Å².